The topological polar surface area (TPSA) is 12.0 Å². The summed E-state index contributed by atoms with van der Waals surface area (Å²) in [5, 5.41) is 7.62. The molecule has 1 aromatic heterocycles. The summed E-state index contributed by atoms with van der Waals surface area (Å²) in [6, 6.07) is 2.15. The van der Waals surface area contributed by atoms with Crippen molar-refractivity contribution in [1.29, 1.82) is 0 Å². The Morgan fingerprint density at radius 3 is 3.08 bits per heavy atom. The van der Waals surface area contributed by atoms with Crippen LogP contribution in [0, 0.1) is 0 Å². The molecule has 1 heterocycles. The van der Waals surface area contributed by atoms with Crippen molar-refractivity contribution in [2.45, 2.75) is 19.9 Å². The van der Waals surface area contributed by atoms with Crippen molar-refractivity contribution in [2.24, 2.45) is 0 Å². The molecule has 0 unspecified atom stereocenters. The Morgan fingerprint density at radius 1 is 1.67 bits per heavy atom. The lowest BCUT2D eigenvalue weighted by Crippen LogP contribution is -2.15. The summed E-state index contributed by atoms with van der Waals surface area (Å²) in [5.74, 6) is 0. The number of rotatable bonds is 5. The molecule has 12 heavy (non-hydrogen) atoms. The van der Waals surface area contributed by atoms with Gasteiger partial charge in [0.15, 0.2) is 0 Å². The van der Waals surface area contributed by atoms with Crippen molar-refractivity contribution in [2.75, 3.05) is 6.54 Å². The van der Waals surface area contributed by atoms with Gasteiger partial charge in [-0.3, -0.25) is 0 Å². The summed E-state index contributed by atoms with van der Waals surface area (Å²) in [7, 11) is 0. The smallest absolute Gasteiger partial charge is 0.0216 e. The highest BCUT2D eigenvalue weighted by Crippen LogP contribution is 2.05. The first-order valence-corrected chi connectivity index (χ1v) is 5.15. The Bertz CT molecular complexity index is 226. The van der Waals surface area contributed by atoms with E-state index in [1.54, 1.807) is 11.3 Å². The van der Waals surface area contributed by atoms with Gasteiger partial charge < -0.3 is 5.32 Å². The zero-order valence-corrected chi connectivity index (χ0v) is 8.29. The maximum atomic E-state index is 3.93. The Hall–Kier alpha value is -0.600. The van der Waals surface area contributed by atoms with Crippen molar-refractivity contribution in [1.82, 2.24) is 5.32 Å². The molecule has 0 saturated carbocycles. The summed E-state index contributed by atoms with van der Waals surface area (Å²) in [6.07, 6.45) is 1.07. The van der Waals surface area contributed by atoms with E-state index >= 15 is 0 Å². The minimum absolute atomic E-state index is 0.937. The molecule has 1 rings (SSSR count). The second-order valence-electron chi connectivity index (χ2n) is 2.84. The minimum Gasteiger partial charge on any atom is -0.309 e. The second-order valence-corrected chi connectivity index (χ2v) is 3.62. The number of hydrogen-bond donors (Lipinski definition) is 1. The van der Waals surface area contributed by atoms with E-state index in [0.717, 1.165) is 19.5 Å². The van der Waals surface area contributed by atoms with Crippen molar-refractivity contribution >= 4 is 11.3 Å². The van der Waals surface area contributed by atoms with Crippen LogP contribution in [0.1, 0.15) is 18.9 Å². The standard InChI is InChI=1S/C10H15NS/c1-3-9(2)6-11-7-10-4-5-12-8-10/h4-5,8,11H,2-3,6-7H2,1H3. The van der Waals surface area contributed by atoms with E-state index in [1.165, 1.54) is 11.1 Å². The van der Waals surface area contributed by atoms with Crippen LogP contribution in [-0.4, -0.2) is 6.54 Å². The zero-order valence-electron chi connectivity index (χ0n) is 7.47. The Morgan fingerprint density at radius 2 is 2.50 bits per heavy atom. The van der Waals surface area contributed by atoms with Gasteiger partial charge in [-0.2, -0.15) is 11.3 Å². The molecule has 0 aliphatic carbocycles. The summed E-state index contributed by atoms with van der Waals surface area (Å²) in [4.78, 5) is 0. The molecule has 0 aromatic carbocycles. The molecular weight excluding hydrogens is 166 g/mol. The van der Waals surface area contributed by atoms with Crippen LogP contribution in [0.2, 0.25) is 0 Å². The van der Waals surface area contributed by atoms with Crippen LogP contribution in [0.15, 0.2) is 29.0 Å². The number of thiophene rings is 1. The van der Waals surface area contributed by atoms with Crippen molar-refractivity contribution in [3.8, 4) is 0 Å². The van der Waals surface area contributed by atoms with E-state index in [4.69, 9.17) is 0 Å². The largest absolute Gasteiger partial charge is 0.309 e. The van der Waals surface area contributed by atoms with Crippen LogP contribution in [0.4, 0.5) is 0 Å². The summed E-state index contributed by atoms with van der Waals surface area (Å²) >= 11 is 1.74. The predicted octanol–water partition coefficient (Wildman–Crippen LogP) is 2.80. The first-order chi connectivity index (χ1) is 5.83. The van der Waals surface area contributed by atoms with Crippen molar-refractivity contribution < 1.29 is 0 Å². The Labute approximate surface area is 78.1 Å². The van der Waals surface area contributed by atoms with Crippen molar-refractivity contribution in [3.63, 3.8) is 0 Å². The number of nitrogens with one attached hydrogen (secondary N) is 1. The van der Waals surface area contributed by atoms with Crippen LogP contribution in [0.25, 0.3) is 0 Å². The molecule has 0 aliphatic rings. The van der Waals surface area contributed by atoms with E-state index in [9.17, 15) is 0 Å². The molecule has 0 saturated heterocycles. The molecule has 0 fully saturated rings. The molecule has 0 bridgehead atoms. The normalized spacial score (nSPS) is 10.1. The lowest BCUT2D eigenvalue weighted by Gasteiger charge is -2.03. The molecule has 0 radical (unpaired) electrons. The monoisotopic (exact) mass is 181 g/mol. The predicted molar refractivity (Wildman–Crippen MR) is 55.5 cm³/mol. The zero-order chi connectivity index (χ0) is 8.81. The average molecular weight is 181 g/mol. The van der Waals surface area contributed by atoms with Gasteiger partial charge in [0.25, 0.3) is 0 Å². The van der Waals surface area contributed by atoms with Gasteiger partial charge in [0.2, 0.25) is 0 Å². The SMILES string of the molecule is C=C(CC)CNCc1ccsc1. The molecule has 0 atom stereocenters. The summed E-state index contributed by atoms with van der Waals surface area (Å²) < 4.78 is 0. The van der Waals surface area contributed by atoms with Crippen LogP contribution in [0.5, 0.6) is 0 Å². The fourth-order valence-corrected chi connectivity index (χ4v) is 1.57. The van der Waals surface area contributed by atoms with Crippen LogP contribution in [0.3, 0.4) is 0 Å². The quantitative estimate of drug-likeness (QED) is 0.689. The van der Waals surface area contributed by atoms with Crippen molar-refractivity contribution in [3.05, 3.63) is 34.5 Å². The Balaban J connectivity index is 2.15. The molecule has 1 N–H and O–H groups in total. The summed E-state index contributed by atoms with van der Waals surface area (Å²) in [6.45, 7) is 7.96. The third kappa shape index (κ3) is 3.20. The van der Waals surface area contributed by atoms with E-state index in [2.05, 4.69) is 35.6 Å². The van der Waals surface area contributed by atoms with Crippen LogP contribution >= 0.6 is 11.3 Å². The van der Waals surface area contributed by atoms with E-state index in [0.29, 0.717) is 0 Å². The first kappa shape index (κ1) is 9.49. The molecule has 0 amide bonds. The van der Waals surface area contributed by atoms with Gasteiger partial charge in [-0.15, -0.1) is 0 Å². The molecule has 66 valence electrons. The first-order valence-electron chi connectivity index (χ1n) is 4.21. The fourth-order valence-electron chi connectivity index (χ4n) is 0.902. The third-order valence-electron chi connectivity index (χ3n) is 1.78. The van der Waals surface area contributed by atoms with Gasteiger partial charge in [0.05, 0.1) is 0 Å². The molecule has 0 spiro atoms. The highest BCUT2D eigenvalue weighted by atomic mass is 32.1. The van der Waals surface area contributed by atoms with Gasteiger partial charge in [0.1, 0.15) is 0 Å². The van der Waals surface area contributed by atoms with Gasteiger partial charge in [-0.05, 0) is 28.8 Å². The van der Waals surface area contributed by atoms with Crippen LogP contribution in [-0.2, 0) is 6.54 Å². The van der Waals surface area contributed by atoms with Gasteiger partial charge in [-0.25, -0.2) is 0 Å². The fraction of sp³-hybridized carbons (Fsp3) is 0.400. The maximum absolute atomic E-state index is 3.93. The van der Waals surface area contributed by atoms with Gasteiger partial charge >= 0.3 is 0 Å². The third-order valence-corrected chi connectivity index (χ3v) is 2.52. The lowest BCUT2D eigenvalue weighted by molar-refractivity contribution is 0.729. The van der Waals surface area contributed by atoms with Gasteiger partial charge in [-0.1, -0.05) is 19.1 Å². The van der Waals surface area contributed by atoms with E-state index < -0.39 is 0 Å². The lowest BCUT2D eigenvalue weighted by atomic mass is 10.2. The van der Waals surface area contributed by atoms with E-state index in [1.807, 2.05) is 0 Å². The number of hydrogen-bond acceptors (Lipinski definition) is 2. The van der Waals surface area contributed by atoms with E-state index in [-0.39, 0.29) is 0 Å². The Kier molecular flexibility index (Phi) is 4.05. The molecule has 1 nitrogen and oxygen atoms in total. The molecule has 0 aliphatic heterocycles. The average Bonchev–Trinajstić information content (AvgIpc) is 2.57. The molecule has 2 heteroatoms. The summed E-state index contributed by atoms with van der Waals surface area (Å²) in [5.41, 5.74) is 2.63. The molecule has 1 aromatic rings. The maximum Gasteiger partial charge on any atom is 0.0216 e. The van der Waals surface area contributed by atoms with Crippen LogP contribution < -0.4 is 5.32 Å². The molecular formula is C10H15NS. The highest BCUT2D eigenvalue weighted by Gasteiger charge is 1.92. The highest BCUT2D eigenvalue weighted by molar-refractivity contribution is 7.07. The second kappa shape index (κ2) is 5.12. The van der Waals surface area contributed by atoms with Gasteiger partial charge in [0, 0.05) is 13.1 Å². The minimum atomic E-state index is 0.937.